The van der Waals surface area contributed by atoms with Crippen LogP contribution in [0, 0.1) is 0 Å². The van der Waals surface area contributed by atoms with Crippen molar-refractivity contribution in [2.24, 2.45) is 4.99 Å². The molecule has 1 aliphatic heterocycles. The molecule has 5 nitrogen and oxygen atoms in total. The summed E-state index contributed by atoms with van der Waals surface area (Å²) in [5.74, 6) is 1.77. The molecule has 1 aromatic heterocycles. The molecule has 2 aromatic rings. The highest BCUT2D eigenvalue weighted by atomic mass is 127. The van der Waals surface area contributed by atoms with Crippen LogP contribution in [0.25, 0.3) is 0 Å². The van der Waals surface area contributed by atoms with Crippen LogP contribution in [-0.2, 0) is 19.4 Å². The van der Waals surface area contributed by atoms with E-state index in [1.165, 1.54) is 10.6 Å². The molecule has 0 radical (unpaired) electrons. The highest BCUT2D eigenvalue weighted by molar-refractivity contribution is 14.0. The first-order valence-corrected chi connectivity index (χ1v) is 8.78. The quantitative estimate of drug-likeness (QED) is 0.411. The Bertz CT molecular complexity index is 664. The van der Waals surface area contributed by atoms with E-state index in [0.29, 0.717) is 6.54 Å². The predicted molar refractivity (Wildman–Crippen MR) is 110 cm³/mol. The summed E-state index contributed by atoms with van der Waals surface area (Å²) in [6.07, 6.45) is 2.07. The van der Waals surface area contributed by atoms with Gasteiger partial charge < -0.3 is 15.4 Å². The molecule has 2 heterocycles. The van der Waals surface area contributed by atoms with Crippen LogP contribution in [-0.4, -0.2) is 30.6 Å². The molecule has 24 heavy (non-hydrogen) atoms. The molecule has 1 unspecified atom stereocenters. The predicted octanol–water partition coefficient (Wildman–Crippen LogP) is 2.99. The Morgan fingerprint density at radius 3 is 2.92 bits per heavy atom. The number of hydrogen-bond acceptors (Lipinski definition) is 4. The van der Waals surface area contributed by atoms with Crippen LogP contribution < -0.4 is 15.4 Å². The van der Waals surface area contributed by atoms with Gasteiger partial charge in [0.25, 0.3) is 0 Å². The van der Waals surface area contributed by atoms with Crippen LogP contribution in [0.3, 0.4) is 0 Å². The van der Waals surface area contributed by atoms with Gasteiger partial charge in [-0.25, -0.2) is 4.98 Å². The molecule has 7 heteroatoms. The van der Waals surface area contributed by atoms with Crippen molar-refractivity contribution in [3.63, 3.8) is 0 Å². The number of aryl methyl sites for hydroxylation is 1. The van der Waals surface area contributed by atoms with Crippen molar-refractivity contribution >= 4 is 41.3 Å². The van der Waals surface area contributed by atoms with Crippen molar-refractivity contribution in [3.8, 4) is 5.75 Å². The van der Waals surface area contributed by atoms with Crippen molar-refractivity contribution in [3.05, 3.63) is 45.9 Å². The minimum absolute atomic E-state index is 0. The van der Waals surface area contributed by atoms with Crippen LogP contribution in [0.1, 0.15) is 23.2 Å². The van der Waals surface area contributed by atoms with E-state index in [9.17, 15) is 0 Å². The van der Waals surface area contributed by atoms with E-state index in [4.69, 9.17) is 4.74 Å². The lowest BCUT2D eigenvalue weighted by atomic mass is 10.1. The Balaban J connectivity index is 0.00000208. The standard InChI is InChI=1S/C17H22N4OS.HI/c1-3-16-21-13(11-23-16)9-19-17(18-2)20-10-14-8-12-6-4-5-7-15(12)22-14;/h4-7,11,14H,3,8-10H2,1-2H3,(H2,18,19,20);1H. The molecule has 0 bridgehead atoms. The number of guanidine groups is 1. The van der Waals surface area contributed by atoms with Crippen molar-refractivity contribution < 1.29 is 4.74 Å². The van der Waals surface area contributed by atoms with Crippen molar-refractivity contribution in [2.45, 2.75) is 32.4 Å². The largest absolute Gasteiger partial charge is 0.488 e. The Hall–Kier alpha value is -1.35. The van der Waals surface area contributed by atoms with Crippen molar-refractivity contribution in [2.75, 3.05) is 13.6 Å². The molecule has 0 aliphatic carbocycles. The lowest BCUT2D eigenvalue weighted by molar-refractivity contribution is 0.235. The number of nitrogens with zero attached hydrogens (tertiary/aromatic N) is 2. The number of aliphatic imine (C=N–C) groups is 1. The van der Waals surface area contributed by atoms with E-state index in [1.54, 1.807) is 18.4 Å². The number of aromatic nitrogens is 1. The second-order valence-corrected chi connectivity index (χ2v) is 6.39. The zero-order valence-corrected chi connectivity index (χ0v) is 17.1. The van der Waals surface area contributed by atoms with Gasteiger partial charge in [0.05, 0.1) is 23.8 Å². The maximum Gasteiger partial charge on any atom is 0.191 e. The van der Waals surface area contributed by atoms with Crippen LogP contribution in [0.15, 0.2) is 34.6 Å². The molecule has 1 aliphatic rings. The second kappa shape index (κ2) is 9.22. The van der Waals surface area contributed by atoms with Gasteiger partial charge in [-0.15, -0.1) is 35.3 Å². The van der Waals surface area contributed by atoms with Crippen molar-refractivity contribution in [1.82, 2.24) is 15.6 Å². The van der Waals surface area contributed by atoms with Gasteiger partial charge in [0, 0.05) is 18.8 Å². The van der Waals surface area contributed by atoms with Crippen LogP contribution in [0.4, 0.5) is 0 Å². The van der Waals surface area contributed by atoms with Crippen LogP contribution in [0.5, 0.6) is 5.75 Å². The molecule has 3 rings (SSSR count). The number of ether oxygens (including phenoxy) is 1. The van der Waals surface area contributed by atoms with E-state index < -0.39 is 0 Å². The maximum atomic E-state index is 5.93. The number of fused-ring (bicyclic) bond motifs is 1. The molecule has 0 fully saturated rings. The van der Waals surface area contributed by atoms with Gasteiger partial charge in [0.2, 0.25) is 0 Å². The first-order valence-electron chi connectivity index (χ1n) is 7.91. The fourth-order valence-corrected chi connectivity index (χ4v) is 3.31. The minimum atomic E-state index is 0. The number of para-hydroxylation sites is 1. The van der Waals surface area contributed by atoms with Gasteiger partial charge in [-0.3, -0.25) is 4.99 Å². The normalized spacial score (nSPS) is 16.1. The monoisotopic (exact) mass is 458 g/mol. The Kier molecular flexibility index (Phi) is 7.29. The van der Waals surface area contributed by atoms with Crippen molar-refractivity contribution in [1.29, 1.82) is 0 Å². The summed E-state index contributed by atoms with van der Waals surface area (Å²) in [6, 6.07) is 8.20. The fraction of sp³-hybridized carbons (Fsp3) is 0.412. The number of nitrogens with one attached hydrogen (secondary N) is 2. The Morgan fingerprint density at radius 2 is 2.21 bits per heavy atom. The molecule has 1 atom stereocenters. The zero-order chi connectivity index (χ0) is 16.1. The zero-order valence-electron chi connectivity index (χ0n) is 13.9. The number of benzene rings is 1. The first kappa shape index (κ1) is 19.0. The van der Waals surface area contributed by atoms with E-state index in [-0.39, 0.29) is 30.1 Å². The lowest BCUT2D eigenvalue weighted by Crippen LogP contribution is -2.42. The maximum absolute atomic E-state index is 5.93. The highest BCUT2D eigenvalue weighted by Crippen LogP contribution is 2.27. The SMILES string of the molecule is CCc1nc(CNC(=NC)NCC2Cc3ccccc3O2)cs1.I. The fourth-order valence-electron chi connectivity index (χ4n) is 2.57. The molecular weight excluding hydrogens is 435 g/mol. The molecule has 130 valence electrons. The summed E-state index contributed by atoms with van der Waals surface area (Å²) >= 11 is 1.70. The average Bonchev–Trinajstić information content (AvgIpc) is 3.21. The molecule has 2 N–H and O–H groups in total. The molecular formula is C17H23IN4OS. The number of halogens is 1. The van der Waals surface area contributed by atoms with E-state index >= 15 is 0 Å². The summed E-state index contributed by atoms with van der Waals surface area (Å²) in [5.41, 5.74) is 2.33. The summed E-state index contributed by atoms with van der Waals surface area (Å²) in [5, 5.41) is 9.88. The molecule has 0 amide bonds. The molecule has 1 aromatic carbocycles. The smallest absolute Gasteiger partial charge is 0.191 e. The third kappa shape index (κ3) is 4.83. The topological polar surface area (TPSA) is 58.5 Å². The average molecular weight is 458 g/mol. The van der Waals surface area contributed by atoms with Crippen LogP contribution in [0.2, 0.25) is 0 Å². The number of thiazole rings is 1. The molecule has 0 saturated heterocycles. The van der Waals surface area contributed by atoms with E-state index in [1.807, 2.05) is 12.1 Å². The summed E-state index contributed by atoms with van der Waals surface area (Å²) in [7, 11) is 1.78. The van der Waals surface area contributed by atoms with Crippen LogP contribution >= 0.6 is 35.3 Å². The summed E-state index contributed by atoms with van der Waals surface area (Å²) < 4.78 is 5.93. The minimum Gasteiger partial charge on any atom is -0.488 e. The van der Waals surface area contributed by atoms with Gasteiger partial charge in [-0.2, -0.15) is 0 Å². The molecule has 0 spiro atoms. The number of hydrogen-bond donors (Lipinski definition) is 2. The van der Waals surface area contributed by atoms with Gasteiger partial charge in [0.15, 0.2) is 5.96 Å². The first-order chi connectivity index (χ1) is 11.3. The molecule has 0 saturated carbocycles. The van der Waals surface area contributed by atoms with E-state index in [2.05, 4.69) is 45.0 Å². The van der Waals surface area contributed by atoms with Gasteiger partial charge in [-0.1, -0.05) is 25.1 Å². The van der Waals surface area contributed by atoms with Gasteiger partial charge in [0.1, 0.15) is 11.9 Å². The van der Waals surface area contributed by atoms with Gasteiger partial charge in [-0.05, 0) is 18.1 Å². The Morgan fingerprint density at radius 1 is 1.38 bits per heavy atom. The Labute approximate surface area is 164 Å². The summed E-state index contributed by atoms with van der Waals surface area (Å²) in [4.78, 5) is 8.80. The van der Waals surface area contributed by atoms with E-state index in [0.717, 1.165) is 36.8 Å². The lowest BCUT2D eigenvalue weighted by Gasteiger charge is -2.15. The number of rotatable bonds is 5. The third-order valence-corrected chi connectivity index (χ3v) is 4.82. The highest BCUT2D eigenvalue weighted by Gasteiger charge is 2.22. The van der Waals surface area contributed by atoms with Gasteiger partial charge >= 0.3 is 0 Å². The third-order valence-electron chi connectivity index (χ3n) is 3.77. The summed E-state index contributed by atoms with van der Waals surface area (Å²) in [6.45, 7) is 3.53. The second-order valence-electron chi connectivity index (χ2n) is 5.44.